The lowest BCUT2D eigenvalue weighted by atomic mass is 10.1. The minimum atomic E-state index is -2.89. The zero-order chi connectivity index (χ0) is 10.5. The van der Waals surface area contributed by atoms with Crippen molar-refractivity contribution in [3.8, 4) is 6.07 Å². The molecule has 0 fully saturated rings. The van der Waals surface area contributed by atoms with E-state index in [2.05, 4.69) is 0 Å². The number of sulfone groups is 1. The van der Waals surface area contributed by atoms with Gasteiger partial charge in [-0.3, -0.25) is 0 Å². The molecule has 0 aromatic rings. The van der Waals surface area contributed by atoms with Crippen LogP contribution in [0.2, 0.25) is 0 Å². The fourth-order valence-electron chi connectivity index (χ4n) is 0.527. The second-order valence-corrected chi connectivity index (χ2v) is 6.58. The third kappa shape index (κ3) is 8.09. The summed E-state index contributed by atoms with van der Waals surface area (Å²) in [4.78, 5) is 0. The summed E-state index contributed by atoms with van der Waals surface area (Å²) in [6.07, 6.45) is 1.19. The molecule has 13 heavy (non-hydrogen) atoms. The van der Waals surface area contributed by atoms with E-state index in [4.69, 9.17) is 11.0 Å². The molecule has 0 amide bonds. The Kier molecular flexibility index (Phi) is 4.75. The molecular formula is C7H14N2O2S2. The van der Waals surface area contributed by atoms with E-state index >= 15 is 0 Å². The molecule has 0 saturated carbocycles. The van der Waals surface area contributed by atoms with E-state index in [1.54, 1.807) is 6.92 Å². The third-order valence-electron chi connectivity index (χ3n) is 1.26. The molecule has 0 aliphatic heterocycles. The van der Waals surface area contributed by atoms with E-state index in [9.17, 15) is 8.42 Å². The average Bonchev–Trinajstić information content (AvgIpc) is 1.97. The molecule has 2 N–H and O–H groups in total. The molecule has 0 aliphatic rings. The van der Waals surface area contributed by atoms with Gasteiger partial charge in [-0.2, -0.15) is 17.0 Å². The molecule has 0 saturated heterocycles. The molecule has 0 heterocycles. The smallest absolute Gasteiger partial charge is 0.148 e. The fraction of sp³-hybridized carbons (Fsp3) is 0.857. The van der Waals surface area contributed by atoms with Crippen LogP contribution >= 0.6 is 11.8 Å². The van der Waals surface area contributed by atoms with Gasteiger partial charge in [0.25, 0.3) is 0 Å². The van der Waals surface area contributed by atoms with Gasteiger partial charge in [-0.05, 0) is 6.92 Å². The zero-order valence-corrected chi connectivity index (χ0v) is 9.41. The van der Waals surface area contributed by atoms with E-state index in [-0.39, 0.29) is 5.75 Å². The maximum absolute atomic E-state index is 10.7. The first-order chi connectivity index (χ1) is 5.77. The lowest BCUT2D eigenvalue weighted by molar-refractivity contribution is 0.603. The quantitative estimate of drug-likeness (QED) is 0.662. The van der Waals surface area contributed by atoms with Crippen molar-refractivity contribution >= 4 is 21.6 Å². The number of rotatable bonds is 5. The van der Waals surface area contributed by atoms with Crippen LogP contribution in [-0.4, -0.2) is 37.5 Å². The lowest BCUT2D eigenvalue weighted by Crippen LogP contribution is -2.37. The van der Waals surface area contributed by atoms with Gasteiger partial charge in [0, 0.05) is 17.8 Å². The van der Waals surface area contributed by atoms with Crippen LogP contribution in [0, 0.1) is 11.3 Å². The van der Waals surface area contributed by atoms with Gasteiger partial charge in [-0.25, -0.2) is 8.42 Å². The summed E-state index contributed by atoms with van der Waals surface area (Å²) in [7, 11) is -2.89. The van der Waals surface area contributed by atoms with Crippen LogP contribution < -0.4 is 5.73 Å². The second kappa shape index (κ2) is 4.84. The average molecular weight is 222 g/mol. The van der Waals surface area contributed by atoms with E-state index < -0.39 is 15.4 Å². The van der Waals surface area contributed by atoms with Crippen molar-refractivity contribution in [2.45, 2.75) is 12.5 Å². The predicted molar refractivity (Wildman–Crippen MR) is 55.2 cm³/mol. The zero-order valence-electron chi connectivity index (χ0n) is 7.78. The highest BCUT2D eigenvalue weighted by atomic mass is 32.2. The van der Waals surface area contributed by atoms with Crippen molar-refractivity contribution in [2.24, 2.45) is 5.73 Å². The summed E-state index contributed by atoms with van der Waals surface area (Å²) in [6.45, 7) is 1.63. The first-order valence-corrected chi connectivity index (χ1v) is 6.94. The van der Waals surface area contributed by atoms with Crippen molar-refractivity contribution in [3.63, 3.8) is 0 Å². The standard InChI is InChI=1S/C7H14N2O2S2/c1-7(9,5-8)6-12-3-4-13(2,10)11/h3-4,6,9H2,1-2H3. The van der Waals surface area contributed by atoms with Crippen LogP contribution in [0.4, 0.5) is 0 Å². The van der Waals surface area contributed by atoms with Crippen LogP contribution in [0.3, 0.4) is 0 Å². The summed E-state index contributed by atoms with van der Waals surface area (Å²) < 4.78 is 21.4. The highest BCUT2D eigenvalue weighted by Gasteiger charge is 2.16. The molecule has 0 aromatic heterocycles. The molecule has 0 bridgehead atoms. The molecule has 4 nitrogen and oxygen atoms in total. The van der Waals surface area contributed by atoms with Crippen LogP contribution in [0.25, 0.3) is 0 Å². The van der Waals surface area contributed by atoms with E-state index in [0.717, 1.165) is 0 Å². The number of nitriles is 1. The first-order valence-electron chi connectivity index (χ1n) is 3.72. The summed E-state index contributed by atoms with van der Waals surface area (Å²) in [5.74, 6) is 1.09. The minimum absolute atomic E-state index is 0.138. The Morgan fingerprint density at radius 1 is 1.62 bits per heavy atom. The third-order valence-corrected chi connectivity index (χ3v) is 3.76. The Morgan fingerprint density at radius 3 is 2.54 bits per heavy atom. The molecule has 0 spiro atoms. The first kappa shape index (κ1) is 12.8. The van der Waals surface area contributed by atoms with Gasteiger partial charge in [-0.15, -0.1) is 0 Å². The fourth-order valence-corrected chi connectivity index (χ4v) is 2.84. The number of nitrogens with zero attached hydrogens (tertiary/aromatic N) is 1. The highest BCUT2D eigenvalue weighted by molar-refractivity contribution is 8.00. The highest BCUT2D eigenvalue weighted by Crippen LogP contribution is 2.09. The van der Waals surface area contributed by atoms with Crippen LogP contribution in [-0.2, 0) is 9.84 Å². The SMILES string of the molecule is CC(N)(C#N)CSCCS(C)(=O)=O. The monoisotopic (exact) mass is 222 g/mol. The van der Waals surface area contributed by atoms with E-state index in [1.807, 2.05) is 6.07 Å². The number of nitrogens with two attached hydrogens (primary N) is 1. The van der Waals surface area contributed by atoms with Crippen molar-refractivity contribution in [3.05, 3.63) is 0 Å². The largest absolute Gasteiger partial charge is 0.313 e. The Bertz CT molecular complexity index is 290. The summed E-state index contributed by atoms with van der Waals surface area (Å²) in [5.41, 5.74) is 4.68. The summed E-state index contributed by atoms with van der Waals surface area (Å²) in [5, 5.41) is 8.55. The molecule has 0 radical (unpaired) electrons. The van der Waals surface area contributed by atoms with Crippen molar-refractivity contribution in [1.29, 1.82) is 5.26 Å². The van der Waals surface area contributed by atoms with E-state index in [0.29, 0.717) is 11.5 Å². The summed E-state index contributed by atoms with van der Waals surface area (Å²) in [6, 6.07) is 1.95. The van der Waals surface area contributed by atoms with Crippen molar-refractivity contribution < 1.29 is 8.42 Å². The second-order valence-electron chi connectivity index (χ2n) is 3.21. The Labute approximate surface area is 83.4 Å². The molecule has 0 aliphatic carbocycles. The normalized spacial score (nSPS) is 16.2. The van der Waals surface area contributed by atoms with Crippen LogP contribution in [0.15, 0.2) is 0 Å². The predicted octanol–water partition coefficient (Wildman–Crippen LogP) is 0.00518. The Balaban J connectivity index is 3.66. The van der Waals surface area contributed by atoms with Gasteiger partial charge >= 0.3 is 0 Å². The number of hydrogen-bond acceptors (Lipinski definition) is 5. The summed E-state index contributed by atoms with van der Waals surface area (Å²) >= 11 is 1.38. The molecular weight excluding hydrogens is 208 g/mol. The molecule has 1 atom stereocenters. The molecule has 76 valence electrons. The molecule has 1 unspecified atom stereocenters. The number of hydrogen-bond donors (Lipinski definition) is 1. The Hall–Kier alpha value is -0.250. The molecule has 0 aromatic carbocycles. The lowest BCUT2D eigenvalue weighted by Gasteiger charge is -2.13. The van der Waals surface area contributed by atoms with Crippen LogP contribution in [0.5, 0.6) is 0 Å². The Morgan fingerprint density at radius 2 is 2.15 bits per heavy atom. The number of thioether (sulfide) groups is 1. The van der Waals surface area contributed by atoms with Gasteiger partial charge in [0.1, 0.15) is 15.4 Å². The van der Waals surface area contributed by atoms with Gasteiger partial charge in [0.05, 0.1) is 11.8 Å². The maximum atomic E-state index is 10.7. The van der Waals surface area contributed by atoms with Crippen molar-refractivity contribution in [2.75, 3.05) is 23.5 Å². The van der Waals surface area contributed by atoms with Gasteiger partial charge in [0.2, 0.25) is 0 Å². The topological polar surface area (TPSA) is 83.9 Å². The van der Waals surface area contributed by atoms with Gasteiger partial charge in [0.15, 0.2) is 0 Å². The molecule has 6 heteroatoms. The molecule has 0 rings (SSSR count). The van der Waals surface area contributed by atoms with Crippen LogP contribution in [0.1, 0.15) is 6.92 Å². The minimum Gasteiger partial charge on any atom is -0.313 e. The van der Waals surface area contributed by atoms with Crippen molar-refractivity contribution in [1.82, 2.24) is 0 Å². The maximum Gasteiger partial charge on any atom is 0.148 e. The van der Waals surface area contributed by atoms with Gasteiger partial charge in [-0.1, -0.05) is 0 Å². The van der Waals surface area contributed by atoms with Gasteiger partial charge < -0.3 is 5.73 Å². The van der Waals surface area contributed by atoms with E-state index in [1.165, 1.54) is 18.0 Å².